The molecule has 0 radical (unpaired) electrons. The topological polar surface area (TPSA) is 42.1 Å². The van der Waals surface area contributed by atoms with Gasteiger partial charge in [-0.3, -0.25) is 4.79 Å². The largest absolute Gasteiger partial charge is 0.482 e. The second kappa shape index (κ2) is 4.53. The Balaban J connectivity index is 2.47. The third kappa shape index (κ3) is 2.59. The van der Waals surface area contributed by atoms with Gasteiger partial charge in [-0.05, 0) is 12.1 Å². The Morgan fingerprint density at radius 2 is 2.06 bits per heavy atom. The SMILES string of the molecule is O=c1c(Cl)c[nH]c2c(OCC(F)(F)F)cccc12. The van der Waals surface area contributed by atoms with Crippen LogP contribution in [0.25, 0.3) is 10.9 Å². The fraction of sp³-hybridized carbons (Fsp3) is 0.182. The molecule has 7 heteroatoms. The average Bonchev–Trinajstić information content (AvgIpc) is 2.30. The molecule has 1 heterocycles. The summed E-state index contributed by atoms with van der Waals surface area (Å²) in [6.07, 6.45) is -3.22. The summed E-state index contributed by atoms with van der Waals surface area (Å²) in [7, 11) is 0. The zero-order valence-corrected chi connectivity index (χ0v) is 9.60. The smallest absolute Gasteiger partial charge is 0.422 e. The van der Waals surface area contributed by atoms with Crippen molar-refractivity contribution >= 4 is 22.5 Å². The lowest BCUT2D eigenvalue weighted by Gasteiger charge is -2.11. The van der Waals surface area contributed by atoms with Crippen LogP contribution < -0.4 is 10.2 Å². The van der Waals surface area contributed by atoms with Gasteiger partial charge in [0.15, 0.2) is 6.61 Å². The van der Waals surface area contributed by atoms with Crippen LogP contribution in [0.5, 0.6) is 5.75 Å². The first-order chi connectivity index (χ1) is 8.38. The highest BCUT2D eigenvalue weighted by molar-refractivity contribution is 6.31. The van der Waals surface area contributed by atoms with E-state index in [1.807, 2.05) is 0 Å². The molecule has 0 amide bonds. The number of para-hydroxylation sites is 1. The molecule has 0 unspecified atom stereocenters. The van der Waals surface area contributed by atoms with Crippen molar-refractivity contribution in [3.05, 3.63) is 39.6 Å². The Morgan fingerprint density at radius 3 is 2.72 bits per heavy atom. The molecule has 0 aliphatic carbocycles. The monoisotopic (exact) mass is 277 g/mol. The maximum atomic E-state index is 12.1. The van der Waals surface area contributed by atoms with Gasteiger partial charge in [0.1, 0.15) is 10.8 Å². The van der Waals surface area contributed by atoms with E-state index in [1.54, 1.807) is 0 Å². The number of hydrogen-bond acceptors (Lipinski definition) is 2. The normalized spacial score (nSPS) is 11.8. The van der Waals surface area contributed by atoms with Crippen LogP contribution in [-0.4, -0.2) is 17.8 Å². The van der Waals surface area contributed by atoms with Crippen LogP contribution >= 0.6 is 11.6 Å². The zero-order chi connectivity index (χ0) is 13.3. The number of aromatic amines is 1. The molecule has 2 rings (SSSR count). The lowest BCUT2D eigenvalue weighted by atomic mass is 10.2. The van der Waals surface area contributed by atoms with Crippen molar-refractivity contribution in [1.29, 1.82) is 0 Å². The number of benzene rings is 1. The first kappa shape index (κ1) is 12.8. The van der Waals surface area contributed by atoms with E-state index in [-0.39, 0.29) is 21.7 Å². The molecule has 2 aromatic rings. The molecule has 18 heavy (non-hydrogen) atoms. The molecule has 0 saturated carbocycles. The summed E-state index contributed by atoms with van der Waals surface area (Å²) < 4.78 is 40.8. The van der Waals surface area contributed by atoms with E-state index < -0.39 is 18.2 Å². The number of fused-ring (bicyclic) bond motifs is 1. The highest BCUT2D eigenvalue weighted by Crippen LogP contribution is 2.24. The number of hydrogen-bond donors (Lipinski definition) is 1. The van der Waals surface area contributed by atoms with Gasteiger partial charge in [-0.25, -0.2) is 0 Å². The fourth-order valence-corrected chi connectivity index (χ4v) is 1.64. The second-order valence-electron chi connectivity index (χ2n) is 3.55. The molecule has 0 spiro atoms. The Bertz CT molecular complexity index is 636. The van der Waals surface area contributed by atoms with Crippen LogP contribution in [0.15, 0.2) is 29.2 Å². The number of H-pyrrole nitrogens is 1. The summed E-state index contributed by atoms with van der Waals surface area (Å²) in [6.45, 7) is -1.42. The van der Waals surface area contributed by atoms with Crippen molar-refractivity contribution in [1.82, 2.24) is 4.98 Å². The third-order valence-electron chi connectivity index (χ3n) is 2.22. The Kier molecular flexibility index (Phi) is 3.21. The van der Waals surface area contributed by atoms with E-state index in [1.165, 1.54) is 24.4 Å². The molecule has 96 valence electrons. The highest BCUT2D eigenvalue weighted by atomic mass is 35.5. The van der Waals surface area contributed by atoms with Gasteiger partial charge < -0.3 is 9.72 Å². The van der Waals surface area contributed by atoms with Crippen molar-refractivity contribution < 1.29 is 17.9 Å². The van der Waals surface area contributed by atoms with Gasteiger partial charge in [-0.15, -0.1) is 0 Å². The Morgan fingerprint density at radius 1 is 1.33 bits per heavy atom. The van der Waals surface area contributed by atoms with Crippen molar-refractivity contribution in [3.63, 3.8) is 0 Å². The minimum atomic E-state index is -4.44. The van der Waals surface area contributed by atoms with Gasteiger partial charge in [-0.1, -0.05) is 17.7 Å². The number of pyridine rings is 1. The van der Waals surface area contributed by atoms with Gasteiger partial charge in [0.05, 0.1) is 10.9 Å². The fourth-order valence-electron chi connectivity index (χ4n) is 1.48. The van der Waals surface area contributed by atoms with Crippen molar-refractivity contribution in [2.24, 2.45) is 0 Å². The first-order valence-electron chi connectivity index (χ1n) is 4.88. The molecule has 3 nitrogen and oxygen atoms in total. The molecule has 0 fully saturated rings. The summed E-state index contributed by atoms with van der Waals surface area (Å²) >= 11 is 5.63. The molecule has 0 saturated heterocycles. The van der Waals surface area contributed by atoms with E-state index in [9.17, 15) is 18.0 Å². The van der Waals surface area contributed by atoms with E-state index >= 15 is 0 Å². The number of halogens is 4. The molecular weight excluding hydrogens is 271 g/mol. The Labute approximate surface area is 104 Å². The molecule has 1 aromatic carbocycles. The summed E-state index contributed by atoms with van der Waals surface area (Å²) in [6, 6.07) is 4.23. The minimum absolute atomic E-state index is 0.0320. The maximum absolute atomic E-state index is 12.1. The van der Waals surface area contributed by atoms with Gasteiger partial charge in [-0.2, -0.15) is 13.2 Å². The number of alkyl halides is 3. The summed E-state index contributed by atoms with van der Waals surface area (Å²) in [5.74, 6) is -0.0430. The predicted octanol–water partition coefficient (Wildman–Crippen LogP) is 3.12. The average molecular weight is 278 g/mol. The molecule has 0 aliphatic heterocycles. The van der Waals surface area contributed by atoms with Crippen LogP contribution in [0.2, 0.25) is 5.02 Å². The van der Waals surface area contributed by atoms with Crippen molar-refractivity contribution in [3.8, 4) is 5.75 Å². The highest BCUT2D eigenvalue weighted by Gasteiger charge is 2.28. The predicted molar refractivity (Wildman–Crippen MR) is 61.1 cm³/mol. The first-order valence-corrected chi connectivity index (χ1v) is 5.26. The lowest BCUT2D eigenvalue weighted by molar-refractivity contribution is -0.153. The lowest BCUT2D eigenvalue weighted by Crippen LogP contribution is -2.19. The Hall–Kier alpha value is -1.69. The van der Waals surface area contributed by atoms with E-state index in [0.29, 0.717) is 0 Å². The van der Waals surface area contributed by atoms with E-state index in [2.05, 4.69) is 9.72 Å². The number of aromatic nitrogens is 1. The maximum Gasteiger partial charge on any atom is 0.422 e. The molecule has 0 atom stereocenters. The van der Waals surface area contributed by atoms with Crippen LogP contribution in [0.1, 0.15) is 0 Å². The number of rotatable bonds is 2. The van der Waals surface area contributed by atoms with Gasteiger partial charge in [0.2, 0.25) is 5.43 Å². The molecule has 1 N–H and O–H groups in total. The van der Waals surface area contributed by atoms with Crippen LogP contribution in [0.4, 0.5) is 13.2 Å². The molecular formula is C11H7ClF3NO2. The van der Waals surface area contributed by atoms with Gasteiger partial charge in [0.25, 0.3) is 0 Å². The van der Waals surface area contributed by atoms with Gasteiger partial charge >= 0.3 is 6.18 Å². The van der Waals surface area contributed by atoms with Crippen LogP contribution in [0, 0.1) is 0 Å². The van der Waals surface area contributed by atoms with Crippen molar-refractivity contribution in [2.75, 3.05) is 6.61 Å². The number of ether oxygens (including phenoxy) is 1. The molecule has 0 aliphatic rings. The number of nitrogens with one attached hydrogen (secondary N) is 1. The van der Waals surface area contributed by atoms with E-state index in [0.717, 1.165) is 0 Å². The summed E-state index contributed by atoms with van der Waals surface area (Å²) in [5, 5.41) is 0.151. The van der Waals surface area contributed by atoms with Crippen LogP contribution in [-0.2, 0) is 0 Å². The van der Waals surface area contributed by atoms with Crippen molar-refractivity contribution in [2.45, 2.75) is 6.18 Å². The van der Waals surface area contributed by atoms with E-state index in [4.69, 9.17) is 11.6 Å². The zero-order valence-electron chi connectivity index (χ0n) is 8.84. The standard InChI is InChI=1S/C11H7ClF3NO2/c12-7-4-16-9-6(10(7)17)2-1-3-8(9)18-5-11(13,14)15/h1-4H,5H2,(H,16,17). The van der Waals surface area contributed by atoms with Gasteiger partial charge in [0, 0.05) is 6.20 Å². The quantitative estimate of drug-likeness (QED) is 0.916. The minimum Gasteiger partial charge on any atom is -0.482 e. The second-order valence-corrected chi connectivity index (χ2v) is 3.96. The summed E-state index contributed by atoms with van der Waals surface area (Å²) in [5.41, 5.74) is -0.265. The third-order valence-corrected chi connectivity index (χ3v) is 2.50. The molecule has 1 aromatic heterocycles. The summed E-state index contributed by atoms with van der Waals surface area (Å²) in [4.78, 5) is 14.3. The molecule has 0 bridgehead atoms. The van der Waals surface area contributed by atoms with Crippen LogP contribution in [0.3, 0.4) is 0 Å².